The van der Waals surface area contributed by atoms with E-state index in [1.807, 2.05) is 24.3 Å². The molecule has 3 aromatic carbocycles. The normalized spacial score (nSPS) is 13.8. The van der Waals surface area contributed by atoms with Crippen molar-refractivity contribution in [2.24, 2.45) is 0 Å². The van der Waals surface area contributed by atoms with E-state index in [0.29, 0.717) is 5.56 Å². The molecular weight excluding hydrogens is 475 g/mol. The van der Waals surface area contributed by atoms with Crippen molar-refractivity contribution in [2.75, 3.05) is 14.2 Å². The summed E-state index contributed by atoms with van der Waals surface area (Å²) >= 11 is 0.0353. The average Bonchev–Trinajstić information content (AvgIpc) is 2.84. The molecule has 4 rings (SSSR count). The molecule has 1 aliphatic carbocycles. The number of hydrogen-bond donors (Lipinski definition) is 0. The molecule has 0 spiro atoms. The number of benzene rings is 3. The van der Waals surface area contributed by atoms with Gasteiger partial charge in [-0.25, -0.2) is 0 Å². The summed E-state index contributed by atoms with van der Waals surface area (Å²) in [4.78, 5) is 14.9. The molecule has 0 aliphatic heterocycles. The van der Waals surface area contributed by atoms with Crippen molar-refractivity contribution < 1.29 is 14.3 Å². The molecule has 0 radical (unpaired) electrons. The van der Waals surface area contributed by atoms with E-state index in [4.69, 9.17) is 9.47 Å². The van der Waals surface area contributed by atoms with Crippen LogP contribution in [0.5, 0.6) is 5.75 Å². The van der Waals surface area contributed by atoms with Crippen LogP contribution in [0.2, 0.25) is 0 Å². The van der Waals surface area contributed by atoms with Gasteiger partial charge in [-0.2, -0.15) is 0 Å². The summed E-state index contributed by atoms with van der Waals surface area (Å²) in [5.74, 6) is 3.76. The predicted molar refractivity (Wildman–Crippen MR) is 134 cm³/mol. The molecule has 0 aromatic heterocycles. The Morgan fingerprint density at radius 3 is 2.36 bits per heavy atom. The van der Waals surface area contributed by atoms with Gasteiger partial charge in [0.15, 0.2) is 0 Å². The van der Waals surface area contributed by atoms with Crippen molar-refractivity contribution in [3.8, 4) is 16.5 Å². The van der Waals surface area contributed by atoms with E-state index in [9.17, 15) is 4.79 Å². The molecule has 0 amide bonds. The number of carbonyl (C=O) groups excluding carboxylic acids is 1. The van der Waals surface area contributed by atoms with Gasteiger partial charge in [0.25, 0.3) is 0 Å². The van der Waals surface area contributed by atoms with E-state index >= 15 is 0 Å². The Balaban J connectivity index is 1.56. The van der Waals surface area contributed by atoms with Gasteiger partial charge in [0.1, 0.15) is 0 Å². The zero-order chi connectivity index (χ0) is 23.4. The third kappa shape index (κ3) is 5.06. The Morgan fingerprint density at radius 2 is 1.70 bits per heavy atom. The van der Waals surface area contributed by atoms with E-state index in [1.54, 1.807) is 19.2 Å². The zero-order valence-electron chi connectivity index (χ0n) is 19.3. The van der Waals surface area contributed by atoms with Gasteiger partial charge in [-0.15, -0.1) is 0 Å². The molecule has 0 saturated heterocycles. The number of fused-ring (bicyclic) bond motifs is 1. The van der Waals surface area contributed by atoms with Crippen LogP contribution in [0.3, 0.4) is 0 Å². The summed E-state index contributed by atoms with van der Waals surface area (Å²) in [5, 5.41) is 0. The zero-order valence-corrected chi connectivity index (χ0v) is 21.0. The minimum absolute atomic E-state index is 0.0353. The maximum absolute atomic E-state index is 11.6. The second-order valence-corrected chi connectivity index (χ2v) is 10.4. The molecule has 0 saturated carbocycles. The number of carbonyl (C=O) groups is 1. The molecular formula is C29H26O3Se. The first kappa shape index (κ1) is 22.9. The Hall–Kier alpha value is -3.25. The molecule has 0 atom stereocenters. The molecule has 166 valence electrons. The van der Waals surface area contributed by atoms with Crippen molar-refractivity contribution in [1.82, 2.24) is 0 Å². The second-order valence-electron chi connectivity index (χ2n) is 8.54. The SMILES string of the molecule is COC(=O)c1ccc(C#C[Se]c2ccc3c(c2)C(C)(C)CC=C3c2ccc(OC)cc2)cc1. The minimum atomic E-state index is -0.335. The maximum atomic E-state index is 11.6. The topological polar surface area (TPSA) is 35.5 Å². The van der Waals surface area contributed by atoms with E-state index in [-0.39, 0.29) is 26.3 Å². The van der Waals surface area contributed by atoms with Crippen LogP contribution in [0.4, 0.5) is 0 Å². The van der Waals surface area contributed by atoms with Crippen LogP contribution in [0.1, 0.15) is 52.9 Å². The molecule has 0 heterocycles. The second kappa shape index (κ2) is 9.71. The quantitative estimate of drug-likeness (QED) is 0.289. The van der Waals surface area contributed by atoms with Gasteiger partial charge < -0.3 is 0 Å². The molecule has 3 aromatic rings. The molecule has 0 N–H and O–H groups in total. The number of methoxy groups -OCH3 is 2. The van der Waals surface area contributed by atoms with Crippen LogP contribution in [0.15, 0.2) is 72.8 Å². The molecule has 4 heteroatoms. The van der Waals surface area contributed by atoms with Gasteiger partial charge in [-0.3, -0.25) is 0 Å². The third-order valence-corrected chi connectivity index (χ3v) is 7.35. The van der Waals surface area contributed by atoms with Crippen molar-refractivity contribution in [3.63, 3.8) is 0 Å². The fraction of sp³-hybridized carbons (Fsp3) is 0.207. The van der Waals surface area contributed by atoms with Crippen molar-refractivity contribution >= 4 is 31.0 Å². The van der Waals surface area contributed by atoms with Crippen LogP contribution in [0.25, 0.3) is 5.57 Å². The van der Waals surface area contributed by atoms with Crippen LogP contribution < -0.4 is 9.20 Å². The van der Waals surface area contributed by atoms with E-state index in [0.717, 1.165) is 17.7 Å². The van der Waals surface area contributed by atoms with Gasteiger partial charge in [0.2, 0.25) is 0 Å². The monoisotopic (exact) mass is 502 g/mol. The molecule has 0 unspecified atom stereocenters. The number of allylic oxidation sites excluding steroid dienone is 1. The first-order chi connectivity index (χ1) is 15.9. The summed E-state index contributed by atoms with van der Waals surface area (Å²) < 4.78 is 11.3. The number of hydrogen-bond acceptors (Lipinski definition) is 3. The van der Waals surface area contributed by atoms with Gasteiger partial charge in [0.05, 0.1) is 0 Å². The molecule has 3 nitrogen and oxygen atoms in total. The van der Waals surface area contributed by atoms with Gasteiger partial charge >= 0.3 is 202 Å². The average molecular weight is 501 g/mol. The Morgan fingerprint density at radius 1 is 0.970 bits per heavy atom. The van der Waals surface area contributed by atoms with Crippen LogP contribution >= 0.6 is 0 Å². The third-order valence-electron chi connectivity index (χ3n) is 5.90. The standard InChI is InChI=1S/C29H26O3Se/c1-29(2)17-15-25(21-9-11-23(31-3)12-10-21)26-14-13-24(19-27(26)29)33-18-16-20-5-7-22(8-6-20)28(30)32-4/h5-15,19H,17H2,1-4H3. The molecule has 0 bridgehead atoms. The van der Waals surface area contributed by atoms with Crippen LogP contribution in [-0.2, 0) is 10.2 Å². The summed E-state index contributed by atoms with van der Waals surface area (Å²) in [6.07, 6.45) is 3.35. The first-order valence-electron chi connectivity index (χ1n) is 10.8. The number of ether oxygens (including phenoxy) is 2. The number of esters is 1. The Labute approximate surface area is 202 Å². The summed E-state index contributed by atoms with van der Waals surface area (Å²) in [5.41, 5.74) is 6.67. The fourth-order valence-electron chi connectivity index (χ4n) is 3.95. The Bertz CT molecular complexity index is 1260. The van der Waals surface area contributed by atoms with Gasteiger partial charge in [-0.1, -0.05) is 0 Å². The molecule has 1 aliphatic rings. The Kier molecular flexibility index (Phi) is 6.75. The van der Waals surface area contributed by atoms with Crippen LogP contribution in [0, 0.1) is 10.7 Å². The molecule has 33 heavy (non-hydrogen) atoms. The van der Waals surface area contributed by atoms with Gasteiger partial charge in [-0.05, 0) is 0 Å². The fourth-order valence-corrected chi connectivity index (χ4v) is 5.21. The van der Waals surface area contributed by atoms with Crippen molar-refractivity contribution in [2.45, 2.75) is 25.7 Å². The summed E-state index contributed by atoms with van der Waals surface area (Å²) in [6, 6.07) is 22.3. The van der Waals surface area contributed by atoms with E-state index in [1.165, 1.54) is 33.8 Å². The number of rotatable bonds is 4. The predicted octanol–water partition coefficient (Wildman–Crippen LogP) is 4.93. The first-order valence-corrected chi connectivity index (χ1v) is 12.5. The van der Waals surface area contributed by atoms with E-state index < -0.39 is 0 Å². The van der Waals surface area contributed by atoms with Crippen LogP contribution in [-0.4, -0.2) is 35.1 Å². The van der Waals surface area contributed by atoms with Gasteiger partial charge in [0, 0.05) is 0 Å². The summed E-state index contributed by atoms with van der Waals surface area (Å²) in [7, 11) is 3.07. The molecule has 0 fully saturated rings. The van der Waals surface area contributed by atoms with Crippen molar-refractivity contribution in [1.29, 1.82) is 0 Å². The van der Waals surface area contributed by atoms with Crippen molar-refractivity contribution in [3.05, 3.63) is 101 Å². The summed E-state index contributed by atoms with van der Waals surface area (Å²) in [6.45, 7) is 4.61. The van der Waals surface area contributed by atoms with E-state index in [2.05, 4.69) is 61.0 Å².